The number of nitrogens with one attached hydrogen (secondary N) is 1. The van der Waals surface area contributed by atoms with Crippen molar-refractivity contribution in [3.8, 4) is 0 Å². The number of amides is 2. The van der Waals surface area contributed by atoms with E-state index in [0.717, 1.165) is 6.07 Å². The number of carbonyl (C=O) groups is 2. The predicted octanol–water partition coefficient (Wildman–Crippen LogP) is 2.97. The van der Waals surface area contributed by atoms with E-state index >= 15 is 0 Å². The molecule has 0 fully saturated rings. The maximum atomic E-state index is 12.8. The zero-order valence-electron chi connectivity index (χ0n) is 14.1. The Balaban J connectivity index is 2.18. The molecule has 26 heavy (non-hydrogen) atoms. The summed E-state index contributed by atoms with van der Waals surface area (Å²) in [7, 11) is 0. The molecule has 1 aromatic carbocycles. The van der Waals surface area contributed by atoms with Crippen LogP contribution in [0.2, 0.25) is 5.02 Å². The summed E-state index contributed by atoms with van der Waals surface area (Å²) in [5.74, 6) is -0.615. The zero-order chi connectivity index (χ0) is 19.3. The third-order valence-electron chi connectivity index (χ3n) is 3.31. The number of rotatable bonds is 7. The number of nitro groups is 1. The molecule has 0 radical (unpaired) electrons. The highest BCUT2D eigenvalue weighted by Crippen LogP contribution is 2.24. The summed E-state index contributed by atoms with van der Waals surface area (Å²) in [6.07, 6.45) is 1.31. The van der Waals surface area contributed by atoms with Crippen LogP contribution in [0.25, 0.3) is 0 Å². The standard InChI is InChI=1S/C16H17ClN4O5/c1-10(2)8-20(9-15(22)18-14-5-6-26-19-14)16(23)12-4-3-11(21(24)25)7-13(12)17/h3-7,10H,8-9H2,1-2H3,(H,18,19,22). The van der Waals surface area contributed by atoms with Crippen LogP contribution in [-0.4, -0.2) is 39.9 Å². The molecule has 0 unspecified atom stereocenters. The van der Waals surface area contributed by atoms with Gasteiger partial charge in [0.25, 0.3) is 11.6 Å². The fourth-order valence-electron chi connectivity index (χ4n) is 2.25. The number of halogens is 1. The van der Waals surface area contributed by atoms with E-state index in [-0.39, 0.29) is 34.6 Å². The second-order valence-corrected chi connectivity index (χ2v) is 6.34. The number of non-ortho nitro benzene ring substituents is 1. The van der Waals surface area contributed by atoms with E-state index in [9.17, 15) is 19.7 Å². The fourth-order valence-corrected chi connectivity index (χ4v) is 2.51. The number of carbonyl (C=O) groups excluding carboxylic acids is 2. The van der Waals surface area contributed by atoms with E-state index in [0.29, 0.717) is 6.54 Å². The highest BCUT2D eigenvalue weighted by molar-refractivity contribution is 6.34. The Morgan fingerprint density at radius 3 is 2.65 bits per heavy atom. The Hall–Kier alpha value is -2.94. The minimum atomic E-state index is -0.600. The topological polar surface area (TPSA) is 119 Å². The molecule has 9 nitrogen and oxygen atoms in total. The van der Waals surface area contributed by atoms with Gasteiger partial charge in [0.2, 0.25) is 5.91 Å². The van der Waals surface area contributed by atoms with Crippen molar-refractivity contribution in [3.05, 3.63) is 51.2 Å². The molecule has 0 spiro atoms. The second kappa shape index (κ2) is 8.43. The van der Waals surface area contributed by atoms with Gasteiger partial charge in [0.15, 0.2) is 5.82 Å². The SMILES string of the molecule is CC(C)CN(CC(=O)Nc1ccon1)C(=O)c1ccc([N+](=O)[O-])cc1Cl. The Morgan fingerprint density at radius 2 is 2.12 bits per heavy atom. The molecule has 0 saturated carbocycles. The van der Waals surface area contributed by atoms with Gasteiger partial charge in [0, 0.05) is 24.7 Å². The summed E-state index contributed by atoms with van der Waals surface area (Å²) in [4.78, 5) is 36.5. The van der Waals surface area contributed by atoms with Gasteiger partial charge < -0.3 is 14.7 Å². The molecule has 138 valence electrons. The van der Waals surface area contributed by atoms with Crippen LogP contribution >= 0.6 is 11.6 Å². The number of hydrogen-bond donors (Lipinski definition) is 1. The molecular weight excluding hydrogens is 364 g/mol. The first-order valence-electron chi connectivity index (χ1n) is 7.71. The maximum Gasteiger partial charge on any atom is 0.270 e. The van der Waals surface area contributed by atoms with Crippen LogP contribution in [0, 0.1) is 16.0 Å². The van der Waals surface area contributed by atoms with Gasteiger partial charge >= 0.3 is 0 Å². The largest absolute Gasteiger partial charge is 0.363 e. The molecule has 1 heterocycles. The highest BCUT2D eigenvalue weighted by atomic mass is 35.5. The summed E-state index contributed by atoms with van der Waals surface area (Å²) in [6, 6.07) is 5.06. The lowest BCUT2D eigenvalue weighted by Crippen LogP contribution is -2.40. The molecule has 0 bridgehead atoms. The average Bonchev–Trinajstić information content (AvgIpc) is 3.05. The zero-order valence-corrected chi connectivity index (χ0v) is 14.9. The lowest BCUT2D eigenvalue weighted by molar-refractivity contribution is -0.384. The number of nitrogens with zero attached hydrogens (tertiary/aromatic N) is 3. The molecule has 0 saturated heterocycles. The van der Waals surface area contributed by atoms with Gasteiger partial charge in [0.1, 0.15) is 12.8 Å². The molecule has 0 atom stereocenters. The first-order chi connectivity index (χ1) is 12.3. The van der Waals surface area contributed by atoms with Gasteiger partial charge in [-0.25, -0.2) is 0 Å². The van der Waals surface area contributed by atoms with Gasteiger partial charge in [-0.15, -0.1) is 0 Å². The molecule has 1 aromatic heterocycles. The van der Waals surface area contributed by atoms with Crippen LogP contribution < -0.4 is 5.32 Å². The molecule has 1 N–H and O–H groups in total. The third-order valence-corrected chi connectivity index (χ3v) is 3.62. The Labute approximate surface area is 154 Å². The minimum absolute atomic E-state index is 0.0464. The third kappa shape index (κ3) is 5.03. The molecule has 2 aromatic rings. The van der Waals surface area contributed by atoms with Gasteiger partial charge in [-0.1, -0.05) is 30.6 Å². The van der Waals surface area contributed by atoms with Crippen molar-refractivity contribution in [1.82, 2.24) is 10.1 Å². The Bertz CT molecular complexity index is 807. The molecule has 2 rings (SSSR count). The van der Waals surface area contributed by atoms with Crippen LogP contribution in [0.15, 0.2) is 35.1 Å². The number of benzene rings is 1. The van der Waals surface area contributed by atoms with Crippen LogP contribution in [0.5, 0.6) is 0 Å². The summed E-state index contributed by atoms with van der Waals surface area (Å²) in [6.45, 7) is 3.87. The van der Waals surface area contributed by atoms with Crippen molar-refractivity contribution in [2.24, 2.45) is 5.92 Å². The van der Waals surface area contributed by atoms with Gasteiger partial charge in [0.05, 0.1) is 15.5 Å². The highest BCUT2D eigenvalue weighted by Gasteiger charge is 2.23. The van der Waals surface area contributed by atoms with E-state index in [1.54, 1.807) is 0 Å². The van der Waals surface area contributed by atoms with E-state index in [1.807, 2.05) is 13.8 Å². The normalized spacial score (nSPS) is 10.6. The summed E-state index contributed by atoms with van der Waals surface area (Å²) in [5.41, 5.74) is -0.127. The summed E-state index contributed by atoms with van der Waals surface area (Å²) >= 11 is 6.03. The summed E-state index contributed by atoms with van der Waals surface area (Å²) in [5, 5.41) is 16.8. The van der Waals surface area contributed by atoms with Crippen molar-refractivity contribution in [3.63, 3.8) is 0 Å². The molecule has 0 aliphatic carbocycles. The van der Waals surface area contributed by atoms with Crippen molar-refractivity contribution in [2.45, 2.75) is 13.8 Å². The first-order valence-corrected chi connectivity index (χ1v) is 8.09. The number of nitro benzene ring substituents is 1. The fraction of sp³-hybridized carbons (Fsp3) is 0.312. The number of anilines is 1. The number of hydrogen-bond acceptors (Lipinski definition) is 6. The molecular formula is C16H17ClN4O5. The first kappa shape index (κ1) is 19.4. The van der Waals surface area contributed by atoms with Crippen molar-refractivity contribution >= 4 is 34.9 Å². The lowest BCUT2D eigenvalue weighted by Gasteiger charge is -2.24. The number of aromatic nitrogens is 1. The van der Waals surface area contributed by atoms with E-state index in [2.05, 4.69) is 15.0 Å². The van der Waals surface area contributed by atoms with E-state index in [1.165, 1.54) is 29.4 Å². The van der Waals surface area contributed by atoms with Gasteiger partial charge in [-0.05, 0) is 12.0 Å². The molecule has 0 aliphatic rings. The minimum Gasteiger partial charge on any atom is -0.363 e. The smallest absolute Gasteiger partial charge is 0.270 e. The van der Waals surface area contributed by atoms with Crippen molar-refractivity contribution in [1.29, 1.82) is 0 Å². The quantitative estimate of drug-likeness (QED) is 0.582. The van der Waals surface area contributed by atoms with Gasteiger partial charge in [-0.3, -0.25) is 19.7 Å². The maximum absolute atomic E-state index is 12.8. The molecule has 2 amide bonds. The van der Waals surface area contributed by atoms with Crippen LogP contribution in [0.1, 0.15) is 24.2 Å². The van der Waals surface area contributed by atoms with Crippen LogP contribution in [0.4, 0.5) is 11.5 Å². The van der Waals surface area contributed by atoms with Crippen molar-refractivity contribution < 1.29 is 19.0 Å². The molecule has 10 heteroatoms. The van der Waals surface area contributed by atoms with Crippen molar-refractivity contribution in [2.75, 3.05) is 18.4 Å². The Morgan fingerprint density at radius 1 is 1.38 bits per heavy atom. The summed E-state index contributed by atoms with van der Waals surface area (Å²) < 4.78 is 4.63. The second-order valence-electron chi connectivity index (χ2n) is 5.93. The average molecular weight is 381 g/mol. The van der Waals surface area contributed by atoms with Crippen LogP contribution in [0.3, 0.4) is 0 Å². The van der Waals surface area contributed by atoms with Crippen LogP contribution in [-0.2, 0) is 4.79 Å². The predicted molar refractivity (Wildman–Crippen MR) is 94.0 cm³/mol. The van der Waals surface area contributed by atoms with E-state index < -0.39 is 16.7 Å². The Kier molecular flexibility index (Phi) is 6.29. The van der Waals surface area contributed by atoms with Gasteiger partial charge in [-0.2, -0.15) is 0 Å². The lowest BCUT2D eigenvalue weighted by atomic mass is 10.1. The van der Waals surface area contributed by atoms with E-state index in [4.69, 9.17) is 11.6 Å². The monoisotopic (exact) mass is 380 g/mol. The molecule has 0 aliphatic heterocycles.